The van der Waals surface area contributed by atoms with E-state index in [4.69, 9.17) is 10.7 Å². The van der Waals surface area contributed by atoms with E-state index < -0.39 is 9.05 Å². The van der Waals surface area contributed by atoms with Gasteiger partial charge in [0.05, 0.1) is 17.5 Å². The van der Waals surface area contributed by atoms with Gasteiger partial charge in [0.15, 0.2) is 0 Å². The van der Waals surface area contributed by atoms with Crippen LogP contribution in [0.2, 0.25) is 0 Å². The van der Waals surface area contributed by atoms with Crippen LogP contribution in [0.4, 0.5) is 0 Å². The third-order valence-electron chi connectivity index (χ3n) is 2.73. The Hall–Kier alpha value is -0.920. The van der Waals surface area contributed by atoms with Gasteiger partial charge in [-0.3, -0.25) is 9.36 Å². The maximum Gasteiger partial charge on any atom is 0.262 e. The van der Waals surface area contributed by atoms with Crippen LogP contribution in [-0.2, 0) is 15.6 Å². The average Bonchev–Trinajstić information content (AvgIpc) is 2.53. The summed E-state index contributed by atoms with van der Waals surface area (Å²) in [5.41, 5.74) is 0.678. The van der Waals surface area contributed by atoms with E-state index in [9.17, 15) is 13.2 Å². The lowest BCUT2D eigenvalue weighted by atomic mass is 10.2. The zero-order valence-corrected chi connectivity index (χ0v) is 12.2. The van der Waals surface area contributed by atoms with Gasteiger partial charge in [-0.05, 0) is 19.4 Å². The van der Waals surface area contributed by atoms with Crippen LogP contribution < -0.4 is 5.56 Å². The molecule has 0 aliphatic heterocycles. The third-order valence-corrected chi connectivity index (χ3v) is 4.98. The van der Waals surface area contributed by atoms with Crippen LogP contribution >= 0.6 is 22.0 Å². The van der Waals surface area contributed by atoms with E-state index in [-0.39, 0.29) is 17.9 Å². The van der Waals surface area contributed by atoms with Gasteiger partial charge in [-0.1, -0.05) is 0 Å². The summed E-state index contributed by atoms with van der Waals surface area (Å²) in [4.78, 5) is 18.1. The summed E-state index contributed by atoms with van der Waals surface area (Å²) >= 11 is 1.46. The van der Waals surface area contributed by atoms with Crippen LogP contribution in [0.5, 0.6) is 0 Å². The fraction of sp³-hybridized carbons (Fsp3) is 0.400. The number of fused-ring (bicyclic) bond motifs is 1. The quantitative estimate of drug-likeness (QED) is 0.808. The van der Waals surface area contributed by atoms with Crippen LogP contribution in [0, 0.1) is 13.8 Å². The Morgan fingerprint density at radius 2 is 2.11 bits per heavy atom. The fourth-order valence-corrected chi connectivity index (χ4v) is 3.25. The van der Waals surface area contributed by atoms with E-state index in [2.05, 4.69) is 4.98 Å². The first-order valence-corrected chi connectivity index (χ1v) is 8.46. The first kappa shape index (κ1) is 13.5. The Morgan fingerprint density at radius 3 is 2.72 bits per heavy atom. The highest BCUT2D eigenvalue weighted by Gasteiger charge is 2.13. The van der Waals surface area contributed by atoms with Crippen LogP contribution in [0.15, 0.2) is 11.1 Å². The van der Waals surface area contributed by atoms with Crippen LogP contribution in [0.3, 0.4) is 0 Å². The lowest BCUT2D eigenvalue weighted by Gasteiger charge is -2.03. The molecule has 5 nitrogen and oxygen atoms in total. The molecule has 0 atom stereocenters. The molecular weight excluding hydrogens is 296 g/mol. The Bertz CT molecular complexity index is 761. The van der Waals surface area contributed by atoms with Crippen molar-refractivity contribution in [1.82, 2.24) is 9.55 Å². The van der Waals surface area contributed by atoms with Gasteiger partial charge < -0.3 is 0 Å². The molecule has 0 amide bonds. The number of hydrogen-bond donors (Lipinski definition) is 0. The molecule has 0 aliphatic carbocycles. The van der Waals surface area contributed by atoms with Crippen molar-refractivity contribution in [1.29, 1.82) is 0 Å². The van der Waals surface area contributed by atoms with Crippen LogP contribution in [0.1, 0.15) is 10.4 Å². The van der Waals surface area contributed by atoms with Crippen molar-refractivity contribution < 1.29 is 8.42 Å². The van der Waals surface area contributed by atoms with Gasteiger partial charge in [-0.15, -0.1) is 11.3 Å². The van der Waals surface area contributed by atoms with E-state index >= 15 is 0 Å². The topological polar surface area (TPSA) is 69.0 Å². The number of nitrogens with zero attached hydrogens (tertiary/aromatic N) is 2. The number of rotatable bonds is 3. The second-order valence-electron chi connectivity index (χ2n) is 3.95. The maximum atomic E-state index is 12.2. The zero-order valence-electron chi connectivity index (χ0n) is 9.81. The molecule has 2 rings (SSSR count). The molecule has 0 bridgehead atoms. The van der Waals surface area contributed by atoms with Gasteiger partial charge in [0.25, 0.3) is 5.56 Å². The summed E-state index contributed by atoms with van der Waals surface area (Å²) in [6.07, 6.45) is 1.36. The molecule has 0 saturated heterocycles. The van der Waals surface area contributed by atoms with Gasteiger partial charge in [0, 0.05) is 22.1 Å². The van der Waals surface area contributed by atoms with Crippen molar-refractivity contribution in [3.05, 3.63) is 27.1 Å². The van der Waals surface area contributed by atoms with Crippen LogP contribution in [-0.4, -0.2) is 23.7 Å². The van der Waals surface area contributed by atoms with Crippen LogP contribution in [0.25, 0.3) is 10.2 Å². The normalized spacial score (nSPS) is 12.2. The fourth-order valence-electron chi connectivity index (χ4n) is 1.64. The highest BCUT2D eigenvalue weighted by atomic mass is 35.7. The Morgan fingerprint density at radius 1 is 1.44 bits per heavy atom. The number of halogens is 1. The van der Waals surface area contributed by atoms with Crippen molar-refractivity contribution in [3.8, 4) is 0 Å². The van der Waals surface area contributed by atoms with E-state index in [0.717, 1.165) is 10.4 Å². The van der Waals surface area contributed by atoms with Crippen molar-refractivity contribution in [2.75, 3.05) is 5.75 Å². The first-order chi connectivity index (χ1) is 8.29. The first-order valence-electron chi connectivity index (χ1n) is 5.17. The Kier molecular flexibility index (Phi) is 3.48. The molecular formula is C10H11ClN2O3S2. The molecule has 18 heavy (non-hydrogen) atoms. The van der Waals surface area contributed by atoms with Gasteiger partial charge in [-0.25, -0.2) is 13.4 Å². The monoisotopic (exact) mass is 306 g/mol. The minimum Gasteiger partial charge on any atom is -0.298 e. The summed E-state index contributed by atoms with van der Waals surface area (Å²) in [6.45, 7) is 3.80. The Balaban J connectivity index is 2.51. The smallest absolute Gasteiger partial charge is 0.262 e. The SMILES string of the molecule is Cc1sc2ncn(CCS(=O)(=O)Cl)c(=O)c2c1C. The summed E-state index contributed by atoms with van der Waals surface area (Å²) in [7, 11) is 1.52. The lowest BCUT2D eigenvalue weighted by molar-refractivity contribution is 0.600. The zero-order chi connectivity index (χ0) is 13.5. The summed E-state index contributed by atoms with van der Waals surface area (Å²) in [6, 6.07) is 0. The molecule has 0 fully saturated rings. The Labute approximate surface area is 112 Å². The van der Waals surface area contributed by atoms with E-state index in [1.54, 1.807) is 0 Å². The van der Waals surface area contributed by atoms with E-state index in [1.807, 2.05) is 13.8 Å². The molecule has 2 heterocycles. The second kappa shape index (κ2) is 4.64. The standard InChI is InChI=1S/C10H11ClN2O3S2/c1-6-7(2)17-9-8(6)10(14)13(5-12-9)3-4-18(11,15)16/h5H,3-4H2,1-2H3. The third kappa shape index (κ3) is 2.57. The molecule has 0 unspecified atom stereocenters. The van der Waals surface area contributed by atoms with Crippen molar-refractivity contribution >= 4 is 41.3 Å². The largest absolute Gasteiger partial charge is 0.298 e. The maximum absolute atomic E-state index is 12.2. The number of thiophene rings is 1. The summed E-state index contributed by atoms with van der Waals surface area (Å²) in [5.74, 6) is -0.288. The van der Waals surface area contributed by atoms with Crippen molar-refractivity contribution in [2.24, 2.45) is 0 Å². The highest BCUT2D eigenvalue weighted by Crippen LogP contribution is 2.25. The minimum atomic E-state index is -3.61. The average molecular weight is 307 g/mol. The molecule has 0 aliphatic rings. The summed E-state index contributed by atoms with van der Waals surface area (Å²) in [5, 5.41) is 0.562. The molecule has 0 radical (unpaired) electrons. The lowest BCUT2D eigenvalue weighted by Crippen LogP contribution is -2.23. The minimum absolute atomic E-state index is 0.0158. The molecule has 0 N–H and O–H groups in total. The van der Waals surface area contributed by atoms with Gasteiger partial charge in [-0.2, -0.15) is 0 Å². The highest BCUT2D eigenvalue weighted by molar-refractivity contribution is 8.13. The van der Waals surface area contributed by atoms with Crippen molar-refractivity contribution in [2.45, 2.75) is 20.4 Å². The van der Waals surface area contributed by atoms with E-state index in [0.29, 0.717) is 10.2 Å². The number of aryl methyl sites for hydroxylation is 3. The van der Waals surface area contributed by atoms with Gasteiger partial charge in [0.1, 0.15) is 4.83 Å². The molecule has 2 aromatic rings. The molecule has 0 aromatic carbocycles. The second-order valence-corrected chi connectivity index (χ2v) is 8.05. The molecule has 0 saturated carbocycles. The summed E-state index contributed by atoms with van der Waals surface area (Å²) < 4.78 is 23.0. The number of aromatic nitrogens is 2. The molecule has 8 heteroatoms. The van der Waals surface area contributed by atoms with E-state index in [1.165, 1.54) is 22.2 Å². The predicted molar refractivity (Wildman–Crippen MR) is 73.0 cm³/mol. The molecule has 2 aromatic heterocycles. The molecule has 0 spiro atoms. The molecule has 98 valence electrons. The number of hydrogen-bond acceptors (Lipinski definition) is 5. The van der Waals surface area contributed by atoms with Gasteiger partial charge >= 0.3 is 0 Å². The van der Waals surface area contributed by atoms with Gasteiger partial charge in [0.2, 0.25) is 9.05 Å². The van der Waals surface area contributed by atoms with Crippen molar-refractivity contribution in [3.63, 3.8) is 0 Å². The predicted octanol–water partition coefficient (Wildman–Crippen LogP) is 1.64.